The van der Waals surface area contributed by atoms with E-state index in [4.69, 9.17) is 16.3 Å². The Hall–Kier alpha value is -2.86. The average molecular weight is 344 g/mol. The van der Waals surface area contributed by atoms with Crippen molar-refractivity contribution in [2.45, 2.75) is 6.92 Å². The van der Waals surface area contributed by atoms with Crippen LogP contribution in [0.1, 0.15) is 16.1 Å². The molecule has 0 aliphatic carbocycles. The fourth-order valence-electron chi connectivity index (χ4n) is 2.30. The summed E-state index contributed by atoms with van der Waals surface area (Å²) in [6.07, 6.45) is 1.47. The van der Waals surface area contributed by atoms with Gasteiger partial charge in [0.15, 0.2) is 0 Å². The number of carbonyl (C=O) groups is 1. The standard InChI is InChI=1S/C17H14ClN3O3/c1-10-15(17(23)21-9-12(18)5-8-14(21)19-10)20-16(22)11-3-6-13(24-2)7-4-11/h3-9H,1-2H3,(H,20,22). The van der Waals surface area contributed by atoms with Crippen molar-refractivity contribution in [3.63, 3.8) is 0 Å². The number of methoxy groups -OCH3 is 1. The van der Waals surface area contributed by atoms with Gasteiger partial charge in [0.05, 0.1) is 17.8 Å². The monoisotopic (exact) mass is 343 g/mol. The summed E-state index contributed by atoms with van der Waals surface area (Å²) in [5.74, 6) is 0.242. The summed E-state index contributed by atoms with van der Waals surface area (Å²) in [4.78, 5) is 29.3. The van der Waals surface area contributed by atoms with Gasteiger partial charge in [-0.1, -0.05) is 11.6 Å². The Morgan fingerprint density at radius 1 is 1.21 bits per heavy atom. The molecule has 1 aromatic carbocycles. The normalized spacial score (nSPS) is 10.6. The first-order valence-corrected chi connectivity index (χ1v) is 7.51. The molecule has 3 rings (SSSR count). The predicted molar refractivity (Wildman–Crippen MR) is 92.2 cm³/mol. The van der Waals surface area contributed by atoms with Crippen LogP contribution in [-0.4, -0.2) is 22.4 Å². The highest BCUT2D eigenvalue weighted by Gasteiger charge is 2.14. The third kappa shape index (κ3) is 2.96. The smallest absolute Gasteiger partial charge is 0.281 e. The van der Waals surface area contributed by atoms with Gasteiger partial charge in [-0.2, -0.15) is 0 Å². The van der Waals surface area contributed by atoms with Crippen LogP contribution in [0.3, 0.4) is 0 Å². The molecule has 0 spiro atoms. The number of ether oxygens (including phenoxy) is 1. The average Bonchev–Trinajstić information content (AvgIpc) is 2.59. The van der Waals surface area contributed by atoms with Crippen molar-refractivity contribution >= 4 is 28.8 Å². The van der Waals surface area contributed by atoms with E-state index in [1.807, 2.05) is 0 Å². The maximum absolute atomic E-state index is 12.6. The Morgan fingerprint density at radius 2 is 1.92 bits per heavy atom. The number of aryl methyl sites for hydroxylation is 1. The lowest BCUT2D eigenvalue weighted by atomic mass is 10.2. The lowest BCUT2D eigenvalue weighted by molar-refractivity contribution is 0.102. The molecule has 1 amide bonds. The molecule has 0 aliphatic heterocycles. The SMILES string of the molecule is COc1ccc(C(=O)Nc2c(C)nc3ccc(Cl)cn3c2=O)cc1. The maximum Gasteiger partial charge on any atom is 0.281 e. The molecule has 0 saturated carbocycles. The molecule has 1 N–H and O–H groups in total. The topological polar surface area (TPSA) is 72.7 Å². The zero-order valence-electron chi connectivity index (χ0n) is 13.0. The van der Waals surface area contributed by atoms with E-state index in [0.717, 1.165) is 0 Å². The van der Waals surface area contributed by atoms with Crippen LogP contribution < -0.4 is 15.6 Å². The summed E-state index contributed by atoms with van der Waals surface area (Å²) in [6.45, 7) is 1.67. The molecule has 0 unspecified atom stereocenters. The van der Waals surface area contributed by atoms with Crippen LogP contribution in [0, 0.1) is 6.92 Å². The van der Waals surface area contributed by atoms with E-state index in [9.17, 15) is 9.59 Å². The van der Waals surface area contributed by atoms with Gasteiger partial charge in [0, 0.05) is 11.8 Å². The molecule has 0 aliphatic rings. The Kier molecular flexibility index (Phi) is 4.22. The molecule has 0 bridgehead atoms. The lowest BCUT2D eigenvalue weighted by Crippen LogP contribution is -2.25. The van der Waals surface area contributed by atoms with Crippen LogP contribution in [0.2, 0.25) is 5.02 Å². The van der Waals surface area contributed by atoms with Gasteiger partial charge in [-0.15, -0.1) is 0 Å². The van der Waals surface area contributed by atoms with Crippen molar-refractivity contribution in [1.29, 1.82) is 0 Å². The van der Waals surface area contributed by atoms with E-state index in [1.165, 1.54) is 10.6 Å². The molecule has 0 fully saturated rings. The first-order chi connectivity index (χ1) is 11.5. The molecule has 0 atom stereocenters. The number of hydrogen-bond donors (Lipinski definition) is 1. The van der Waals surface area contributed by atoms with Crippen molar-refractivity contribution in [3.8, 4) is 5.75 Å². The zero-order valence-corrected chi connectivity index (χ0v) is 13.8. The molecule has 0 saturated heterocycles. The fraction of sp³-hybridized carbons (Fsp3) is 0.118. The maximum atomic E-state index is 12.6. The van der Waals surface area contributed by atoms with E-state index in [-0.39, 0.29) is 11.2 Å². The number of nitrogens with one attached hydrogen (secondary N) is 1. The third-order valence-electron chi connectivity index (χ3n) is 3.56. The van der Waals surface area contributed by atoms with E-state index in [0.29, 0.717) is 27.7 Å². The van der Waals surface area contributed by atoms with Gasteiger partial charge in [-0.3, -0.25) is 14.0 Å². The second-order valence-electron chi connectivity index (χ2n) is 5.14. The summed E-state index contributed by atoms with van der Waals surface area (Å²) < 4.78 is 6.36. The van der Waals surface area contributed by atoms with E-state index >= 15 is 0 Å². The number of benzene rings is 1. The second-order valence-corrected chi connectivity index (χ2v) is 5.57. The number of nitrogens with zero attached hydrogens (tertiary/aromatic N) is 2. The first kappa shape index (κ1) is 16.0. The second kappa shape index (κ2) is 6.33. The molecule has 2 heterocycles. The number of halogens is 1. The number of rotatable bonds is 3. The van der Waals surface area contributed by atoms with Gasteiger partial charge in [0.1, 0.15) is 17.1 Å². The number of aromatic nitrogens is 2. The summed E-state index contributed by atoms with van der Waals surface area (Å²) in [5.41, 5.74) is 1.04. The third-order valence-corrected chi connectivity index (χ3v) is 3.78. The van der Waals surface area contributed by atoms with Crippen molar-refractivity contribution in [2.75, 3.05) is 12.4 Å². The van der Waals surface area contributed by atoms with E-state index in [2.05, 4.69) is 10.3 Å². The van der Waals surface area contributed by atoms with Crippen LogP contribution >= 0.6 is 11.6 Å². The Bertz CT molecular complexity index is 981. The molecule has 6 nitrogen and oxygen atoms in total. The van der Waals surface area contributed by atoms with Crippen molar-refractivity contribution < 1.29 is 9.53 Å². The minimum Gasteiger partial charge on any atom is -0.497 e. The summed E-state index contributed by atoms with van der Waals surface area (Å²) >= 11 is 5.93. The zero-order chi connectivity index (χ0) is 17.3. The molecule has 3 aromatic rings. The molecular formula is C17H14ClN3O3. The number of amides is 1. The number of pyridine rings is 1. The predicted octanol–water partition coefficient (Wildman–Crippen LogP) is 2.92. The summed E-state index contributed by atoms with van der Waals surface area (Å²) in [7, 11) is 1.55. The fourth-order valence-corrected chi connectivity index (χ4v) is 2.46. The van der Waals surface area contributed by atoms with Crippen LogP contribution in [0.4, 0.5) is 5.69 Å². The number of anilines is 1. The van der Waals surface area contributed by atoms with Gasteiger partial charge in [0.2, 0.25) is 0 Å². The summed E-state index contributed by atoms with van der Waals surface area (Å²) in [5, 5.41) is 3.03. The Balaban J connectivity index is 1.99. The Morgan fingerprint density at radius 3 is 2.58 bits per heavy atom. The summed E-state index contributed by atoms with van der Waals surface area (Å²) in [6, 6.07) is 9.88. The molecule has 7 heteroatoms. The number of carbonyl (C=O) groups excluding carboxylic acids is 1. The highest BCUT2D eigenvalue weighted by molar-refractivity contribution is 6.30. The van der Waals surface area contributed by atoms with Crippen LogP contribution in [0.5, 0.6) is 5.75 Å². The molecule has 0 radical (unpaired) electrons. The van der Waals surface area contributed by atoms with Crippen molar-refractivity contribution in [2.24, 2.45) is 0 Å². The highest BCUT2D eigenvalue weighted by atomic mass is 35.5. The minimum atomic E-state index is -0.401. The highest BCUT2D eigenvalue weighted by Crippen LogP contribution is 2.15. The van der Waals surface area contributed by atoms with Crippen LogP contribution in [0.25, 0.3) is 5.65 Å². The van der Waals surface area contributed by atoms with Gasteiger partial charge < -0.3 is 10.1 Å². The van der Waals surface area contributed by atoms with Crippen molar-refractivity contribution in [3.05, 3.63) is 69.2 Å². The van der Waals surface area contributed by atoms with E-state index in [1.54, 1.807) is 50.4 Å². The minimum absolute atomic E-state index is 0.121. The number of fused-ring (bicyclic) bond motifs is 1. The Labute approximate surface area is 142 Å². The number of hydrogen-bond acceptors (Lipinski definition) is 4. The van der Waals surface area contributed by atoms with Crippen LogP contribution in [0.15, 0.2) is 47.4 Å². The van der Waals surface area contributed by atoms with Gasteiger partial charge >= 0.3 is 0 Å². The molecule has 2 aromatic heterocycles. The van der Waals surface area contributed by atoms with Gasteiger partial charge in [-0.05, 0) is 43.3 Å². The first-order valence-electron chi connectivity index (χ1n) is 7.13. The quantitative estimate of drug-likeness (QED) is 0.793. The van der Waals surface area contributed by atoms with Crippen molar-refractivity contribution in [1.82, 2.24) is 9.38 Å². The lowest BCUT2D eigenvalue weighted by Gasteiger charge is -2.10. The van der Waals surface area contributed by atoms with E-state index < -0.39 is 5.91 Å². The van der Waals surface area contributed by atoms with Gasteiger partial charge in [0.25, 0.3) is 11.5 Å². The molecular weight excluding hydrogens is 330 g/mol. The molecule has 122 valence electrons. The van der Waals surface area contributed by atoms with Crippen LogP contribution in [-0.2, 0) is 0 Å². The molecule has 24 heavy (non-hydrogen) atoms. The largest absolute Gasteiger partial charge is 0.497 e. The van der Waals surface area contributed by atoms with Gasteiger partial charge in [-0.25, -0.2) is 4.98 Å².